The summed E-state index contributed by atoms with van der Waals surface area (Å²) in [6.07, 6.45) is 4.37. The van der Waals surface area contributed by atoms with Gasteiger partial charge in [0.25, 0.3) is 0 Å². The van der Waals surface area contributed by atoms with E-state index in [9.17, 15) is 4.79 Å². The first kappa shape index (κ1) is 14.1. The van der Waals surface area contributed by atoms with E-state index in [1.807, 2.05) is 13.8 Å². The Labute approximate surface area is 114 Å². The average Bonchev–Trinajstić information content (AvgIpc) is 2.83. The molecule has 1 aliphatic rings. The third-order valence-electron chi connectivity index (χ3n) is 3.67. The van der Waals surface area contributed by atoms with Crippen molar-refractivity contribution in [3.63, 3.8) is 0 Å². The van der Waals surface area contributed by atoms with Crippen molar-refractivity contribution >= 4 is 5.78 Å². The van der Waals surface area contributed by atoms with Crippen molar-refractivity contribution in [1.82, 2.24) is 15.1 Å². The highest BCUT2D eigenvalue weighted by atomic mass is 16.5. The molecule has 1 aromatic heterocycles. The molecule has 1 fully saturated rings. The molecular weight excluding hydrogens is 242 g/mol. The number of carbonyl (C=O) groups is 1. The van der Waals surface area contributed by atoms with Crippen LogP contribution in [0.1, 0.15) is 49.6 Å². The zero-order valence-corrected chi connectivity index (χ0v) is 12.0. The lowest BCUT2D eigenvalue weighted by Crippen LogP contribution is -2.29. The standard InChI is InChI=1S/C14H23N3O2/c1-10(2)17-14(13(19-3)9-16-17)12(18)8-11-4-6-15-7-5-11/h9-11,15H,4-8H2,1-3H3. The summed E-state index contributed by atoms with van der Waals surface area (Å²) < 4.78 is 7.04. The molecular formula is C14H23N3O2. The lowest BCUT2D eigenvalue weighted by Gasteiger charge is -2.22. The molecule has 1 saturated heterocycles. The van der Waals surface area contributed by atoms with Gasteiger partial charge in [0, 0.05) is 12.5 Å². The smallest absolute Gasteiger partial charge is 0.184 e. The molecule has 1 N–H and O–H groups in total. The van der Waals surface area contributed by atoms with Crippen LogP contribution in [0, 0.1) is 5.92 Å². The minimum atomic E-state index is 0.148. The number of hydrogen-bond donors (Lipinski definition) is 1. The van der Waals surface area contributed by atoms with E-state index in [1.165, 1.54) is 0 Å². The van der Waals surface area contributed by atoms with Crippen LogP contribution in [-0.2, 0) is 0 Å². The Morgan fingerprint density at radius 2 is 2.21 bits per heavy atom. The number of aromatic nitrogens is 2. The SMILES string of the molecule is COc1cnn(C(C)C)c1C(=O)CC1CCNCC1. The van der Waals surface area contributed by atoms with Crippen molar-refractivity contribution in [2.75, 3.05) is 20.2 Å². The van der Waals surface area contributed by atoms with E-state index in [-0.39, 0.29) is 11.8 Å². The second-order valence-corrected chi connectivity index (χ2v) is 5.42. The van der Waals surface area contributed by atoms with Gasteiger partial charge in [0.15, 0.2) is 11.5 Å². The predicted octanol–water partition coefficient (Wildman–Crippen LogP) is 2.04. The zero-order chi connectivity index (χ0) is 13.8. The topological polar surface area (TPSA) is 56.2 Å². The summed E-state index contributed by atoms with van der Waals surface area (Å²) in [6, 6.07) is 0.163. The Hall–Kier alpha value is -1.36. The van der Waals surface area contributed by atoms with Crippen molar-refractivity contribution in [2.24, 2.45) is 5.92 Å². The fourth-order valence-corrected chi connectivity index (χ4v) is 2.60. The first-order valence-corrected chi connectivity index (χ1v) is 6.99. The van der Waals surface area contributed by atoms with E-state index in [2.05, 4.69) is 10.4 Å². The lowest BCUT2D eigenvalue weighted by atomic mass is 9.92. The van der Waals surface area contributed by atoms with Crippen molar-refractivity contribution in [2.45, 2.75) is 39.2 Å². The second kappa shape index (κ2) is 6.19. The van der Waals surface area contributed by atoms with Crippen molar-refractivity contribution in [3.05, 3.63) is 11.9 Å². The third kappa shape index (κ3) is 3.15. The van der Waals surface area contributed by atoms with Crippen LogP contribution in [0.15, 0.2) is 6.20 Å². The van der Waals surface area contributed by atoms with Gasteiger partial charge in [-0.25, -0.2) is 0 Å². The van der Waals surface area contributed by atoms with E-state index >= 15 is 0 Å². The number of rotatable bonds is 5. The van der Waals surface area contributed by atoms with Crippen LogP contribution < -0.4 is 10.1 Å². The summed E-state index contributed by atoms with van der Waals surface area (Å²) in [6.45, 7) is 6.07. The first-order valence-electron chi connectivity index (χ1n) is 6.99. The van der Waals surface area contributed by atoms with Crippen molar-refractivity contribution in [1.29, 1.82) is 0 Å². The van der Waals surface area contributed by atoms with E-state index in [0.29, 0.717) is 23.8 Å². The summed E-state index contributed by atoms with van der Waals surface area (Å²) in [5.74, 6) is 1.22. The first-order chi connectivity index (χ1) is 9.13. The fourth-order valence-electron chi connectivity index (χ4n) is 2.60. The number of methoxy groups -OCH3 is 1. The van der Waals surface area contributed by atoms with E-state index in [1.54, 1.807) is 18.0 Å². The Bertz CT molecular complexity index is 434. The number of carbonyl (C=O) groups excluding carboxylic acids is 1. The maximum Gasteiger partial charge on any atom is 0.184 e. The maximum absolute atomic E-state index is 12.5. The van der Waals surface area contributed by atoms with Gasteiger partial charge in [-0.1, -0.05) is 0 Å². The summed E-state index contributed by atoms with van der Waals surface area (Å²) >= 11 is 0. The van der Waals surface area contributed by atoms with Crippen LogP contribution in [0.5, 0.6) is 5.75 Å². The number of nitrogens with zero attached hydrogens (tertiary/aromatic N) is 2. The molecule has 1 aromatic rings. The number of piperidine rings is 1. The third-order valence-corrected chi connectivity index (χ3v) is 3.67. The molecule has 5 nitrogen and oxygen atoms in total. The lowest BCUT2D eigenvalue weighted by molar-refractivity contribution is 0.0936. The van der Waals surface area contributed by atoms with Gasteiger partial charge < -0.3 is 10.1 Å². The van der Waals surface area contributed by atoms with Crippen LogP contribution in [0.2, 0.25) is 0 Å². The van der Waals surface area contributed by atoms with Gasteiger partial charge >= 0.3 is 0 Å². The minimum absolute atomic E-state index is 0.148. The Morgan fingerprint density at radius 3 is 2.79 bits per heavy atom. The van der Waals surface area contributed by atoms with Crippen LogP contribution >= 0.6 is 0 Å². The molecule has 0 spiro atoms. The maximum atomic E-state index is 12.5. The van der Waals surface area contributed by atoms with E-state index in [0.717, 1.165) is 25.9 Å². The van der Waals surface area contributed by atoms with Gasteiger partial charge in [-0.3, -0.25) is 9.48 Å². The highest BCUT2D eigenvalue weighted by Crippen LogP contribution is 2.26. The second-order valence-electron chi connectivity index (χ2n) is 5.42. The van der Waals surface area contributed by atoms with Crippen molar-refractivity contribution in [3.8, 4) is 5.75 Å². The average molecular weight is 265 g/mol. The summed E-state index contributed by atoms with van der Waals surface area (Å²) in [5.41, 5.74) is 0.621. The van der Waals surface area contributed by atoms with Gasteiger partial charge in [-0.2, -0.15) is 5.10 Å². The molecule has 5 heteroatoms. The molecule has 0 radical (unpaired) electrons. The quantitative estimate of drug-likeness (QED) is 0.828. The number of hydrogen-bond acceptors (Lipinski definition) is 4. The zero-order valence-electron chi connectivity index (χ0n) is 12.0. The number of Topliss-reactive ketones (excluding diaryl/α,β-unsaturated/α-hetero) is 1. The number of nitrogens with one attached hydrogen (secondary N) is 1. The monoisotopic (exact) mass is 265 g/mol. The summed E-state index contributed by atoms with van der Waals surface area (Å²) in [4.78, 5) is 12.5. The molecule has 2 heterocycles. The highest BCUT2D eigenvalue weighted by Gasteiger charge is 2.24. The molecule has 2 rings (SSSR count). The van der Waals surface area contributed by atoms with Crippen LogP contribution in [-0.4, -0.2) is 35.8 Å². The molecule has 106 valence electrons. The Balaban J connectivity index is 2.14. The Kier molecular flexibility index (Phi) is 4.58. The molecule has 1 aliphatic heterocycles. The summed E-state index contributed by atoms with van der Waals surface area (Å²) in [7, 11) is 1.59. The van der Waals surface area contributed by atoms with E-state index < -0.39 is 0 Å². The molecule has 0 bridgehead atoms. The van der Waals surface area contributed by atoms with Crippen molar-refractivity contribution < 1.29 is 9.53 Å². The summed E-state index contributed by atoms with van der Waals surface area (Å²) in [5, 5.41) is 7.58. The number of ether oxygens (including phenoxy) is 1. The Morgan fingerprint density at radius 1 is 1.53 bits per heavy atom. The van der Waals surface area contributed by atoms with E-state index in [4.69, 9.17) is 4.74 Å². The molecule has 0 aromatic carbocycles. The largest absolute Gasteiger partial charge is 0.493 e. The van der Waals surface area contributed by atoms with Crippen LogP contribution in [0.3, 0.4) is 0 Å². The molecule has 19 heavy (non-hydrogen) atoms. The van der Waals surface area contributed by atoms with Crippen LogP contribution in [0.4, 0.5) is 0 Å². The molecule has 0 saturated carbocycles. The van der Waals surface area contributed by atoms with Gasteiger partial charge in [0.2, 0.25) is 0 Å². The highest BCUT2D eigenvalue weighted by molar-refractivity contribution is 5.97. The van der Waals surface area contributed by atoms with Gasteiger partial charge in [-0.05, 0) is 45.7 Å². The molecule has 0 aliphatic carbocycles. The fraction of sp³-hybridized carbons (Fsp3) is 0.714. The normalized spacial score (nSPS) is 16.8. The van der Waals surface area contributed by atoms with Crippen LogP contribution in [0.25, 0.3) is 0 Å². The van der Waals surface area contributed by atoms with Gasteiger partial charge in [0.1, 0.15) is 5.69 Å². The minimum Gasteiger partial charge on any atom is -0.493 e. The van der Waals surface area contributed by atoms with Gasteiger partial charge in [0.05, 0.1) is 13.3 Å². The number of ketones is 1. The molecule has 0 atom stereocenters. The predicted molar refractivity (Wildman–Crippen MR) is 73.7 cm³/mol. The van der Waals surface area contributed by atoms with Gasteiger partial charge in [-0.15, -0.1) is 0 Å². The molecule has 0 unspecified atom stereocenters. The molecule has 0 amide bonds.